The van der Waals surface area contributed by atoms with Crippen LogP contribution in [-0.2, 0) is 4.79 Å². The predicted octanol–water partition coefficient (Wildman–Crippen LogP) is 2.25. The Balaban J connectivity index is 1.38. The number of hydrogen-bond acceptors (Lipinski definition) is 4. The molecule has 2 aromatic heterocycles. The van der Waals surface area contributed by atoms with E-state index in [1.54, 1.807) is 12.3 Å². The minimum absolute atomic E-state index is 0.0515. The van der Waals surface area contributed by atoms with Gasteiger partial charge in [-0.3, -0.25) is 9.59 Å². The third-order valence-electron chi connectivity index (χ3n) is 5.50. The number of nitrogens with one attached hydrogen (secondary N) is 1. The van der Waals surface area contributed by atoms with Crippen LogP contribution in [0, 0.1) is 17.8 Å². The molecule has 2 amide bonds. The molecule has 26 heavy (non-hydrogen) atoms. The normalized spacial score (nSPS) is 25.1. The first-order chi connectivity index (χ1) is 12.6. The summed E-state index contributed by atoms with van der Waals surface area (Å²) in [4.78, 5) is 35.4. The van der Waals surface area contributed by atoms with Crippen LogP contribution in [0.4, 0.5) is 0 Å². The smallest absolute Gasteiger partial charge is 0.272 e. The van der Waals surface area contributed by atoms with E-state index in [0.717, 1.165) is 31.2 Å². The maximum absolute atomic E-state index is 12.8. The molecule has 1 aliphatic heterocycles. The number of pyridine rings is 2. The molecule has 3 heterocycles. The van der Waals surface area contributed by atoms with E-state index in [1.807, 2.05) is 23.1 Å². The number of aromatic nitrogens is 2. The zero-order valence-electron chi connectivity index (χ0n) is 15.0. The van der Waals surface area contributed by atoms with E-state index in [4.69, 9.17) is 0 Å². The second-order valence-corrected chi connectivity index (χ2v) is 7.57. The van der Waals surface area contributed by atoms with Crippen LogP contribution in [0.1, 0.15) is 36.7 Å². The molecule has 3 atom stereocenters. The van der Waals surface area contributed by atoms with E-state index < -0.39 is 0 Å². The number of piperidine rings is 1. The Kier molecular flexibility index (Phi) is 4.57. The molecule has 2 aliphatic rings. The van der Waals surface area contributed by atoms with Gasteiger partial charge in [0.2, 0.25) is 5.91 Å². The van der Waals surface area contributed by atoms with Gasteiger partial charge in [0.1, 0.15) is 5.69 Å². The van der Waals surface area contributed by atoms with Crippen LogP contribution in [-0.4, -0.2) is 46.3 Å². The predicted molar refractivity (Wildman–Crippen MR) is 98.4 cm³/mol. The summed E-state index contributed by atoms with van der Waals surface area (Å²) in [6, 6.07) is 7.45. The molecule has 6 nitrogen and oxygen atoms in total. The van der Waals surface area contributed by atoms with Crippen LogP contribution in [0.25, 0.3) is 11.0 Å². The summed E-state index contributed by atoms with van der Waals surface area (Å²) < 4.78 is 0. The van der Waals surface area contributed by atoms with Gasteiger partial charge in [-0.2, -0.15) is 0 Å². The van der Waals surface area contributed by atoms with Gasteiger partial charge < -0.3 is 10.2 Å². The van der Waals surface area contributed by atoms with Crippen molar-refractivity contribution in [2.45, 2.75) is 26.2 Å². The first kappa shape index (κ1) is 16.9. The summed E-state index contributed by atoms with van der Waals surface area (Å²) in [7, 11) is 0. The Bertz CT molecular complexity index is 837. The van der Waals surface area contributed by atoms with E-state index in [2.05, 4.69) is 22.2 Å². The van der Waals surface area contributed by atoms with Gasteiger partial charge in [-0.25, -0.2) is 9.97 Å². The van der Waals surface area contributed by atoms with Crippen molar-refractivity contribution in [2.75, 3.05) is 19.6 Å². The van der Waals surface area contributed by atoms with Crippen molar-refractivity contribution >= 4 is 22.8 Å². The van der Waals surface area contributed by atoms with Crippen LogP contribution >= 0.6 is 0 Å². The molecule has 2 fully saturated rings. The van der Waals surface area contributed by atoms with Crippen molar-refractivity contribution in [2.24, 2.45) is 17.8 Å². The van der Waals surface area contributed by atoms with Crippen molar-refractivity contribution in [3.8, 4) is 0 Å². The van der Waals surface area contributed by atoms with E-state index in [9.17, 15) is 9.59 Å². The zero-order valence-corrected chi connectivity index (χ0v) is 15.0. The van der Waals surface area contributed by atoms with E-state index in [0.29, 0.717) is 36.3 Å². The Labute approximate surface area is 153 Å². The fourth-order valence-corrected chi connectivity index (χ4v) is 3.71. The zero-order chi connectivity index (χ0) is 18.1. The van der Waals surface area contributed by atoms with Gasteiger partial charge in [0.05, 0.1) is 0 Å². The molecule has 0 spiro atoms. The summed E-state index contributed by atoms with van der Waals surface area (Å²) in [5.41, 5.74) is 1.03. The number of hydrogen-bond donors (Lipinski definition) is 1. The van der Waals surface area contributed by atoms with E-state index in [1.165, 1.54) is 0 Å². The molecule has 1 saturated carbocycles. The summed E-state index contributed by atoms with van der Waals surface area (Å²) in [6.07, 6.45) is 4.68. The molecule has 1 aliphatic carbocycles. The highest BCUT2D eigenvalue weighted by Gasteiger charge is 2.39. The van der Waals surface area contributed by atoms with Crippen molar-refractivity contribution < 1.29 is 9.59 Å². The Morgan fingerprint density at radius 3 is 2.96 bits per heavy atom. The maximum Gasteiger partial charge on any atom is 0.272 e. The largest absolute Gasteiger partial charge is 0.356 e. The molecule has 1 N–H and O–H groups in total. The highest BCUT2D eigenvalue weighted by molar-refractivity contribution is 5.94. The lowest BCUT2D eigenvalue weighted by molar-refractivity contribution is -0.122. The molecule has 0 bridgehead atoms. The average Bonchev–Trinajstić information content (AvgIpc) is 3.42. The first-order valence-electron chi connectivity index (χ1n) is 9.40. The molecule has 1 saturated heterocycles. The minimum Gasteiger partial charge on any atom is -0.356 e. The van der Waals surface area contributed by atoms with Gasteiger partial charge in [-0.15, -0.1) is 0 Å². The third kappa shape index (κ3) is 3.54. The number of carbonyl (C=O) groups is 2. The second-order valence-electron chi connectivity index (χ2n) is 7.57. The number of likely N-dealkylation sites (tertiary alicyclic amines) is 1. The Morgan fingerprint density at radius 1 is 1.31 bits per heavy atom. The molecule has 0 radical (unpaired) electrons. The fourth-order valence-electron chi connectivity index (χ4n) is 3.71. The van der Waals surface area contributed by atoms with Crippen molar-refractivity contribution in [1.29, 1.82) is 0 Å². The van der Waals surface area contributed by atoms with E-state index in [-0.39, 0.29) is 17.7 Å². The lowest BCUT2D eigenvalue weighted by Crippen LogP contribution is -2.44. The summed E-state index contributed by atoms with van der Waals surface area (Å²) >= 11 is 0. The van der Waals surface area contributed by atoms with Crippen LogP contribution in [0.3, 0.4) is 0 Å². The SMILES string of the molecule is C[C@H]1C[C@@H]1C(=O)NC[C@@H]1CCCN(C(=O)c2ccc3cccnc3n2)C1. The highest BCUT2D eigenvalue weighted by atomic mass is 16.2. The number of fused-ring (bicyclic) bond motifs is 1. The number of amides is 2. The van der Waals surface area contributed by atoms with Gasteiger partial charge in [-0.05, 0) is 55.4 Å². The second kappa shape index (κ2) is 7.02. The number of carbonyl (C=O) groups excluding carboxylic acids is 2. The standard InChI is InChI=1S/C20H24N4O2/c1-13-10-16(13)19(25)22-11-14-4-3-9-24(12-14)20(26)17-7-6-15-5-2-8-21-18(15)23-17/h2,5-8,13-14,16H,3-4,9-12H2,1H3,(H,22,25)/t13-,14-,16-/m0/s1. The molecule has 136 valence electrons. The fraction of sp³-hybridized carbons (Fsp3) is 0.500. The van der Waals surface area contributed by atoms with Crippen LogP contribution in [0.2, 0.25) is 0 Å². The summed E-state index contributed by atoms with van der Waals surface area (Å²) in [6.45, 7) is 4.17. The molecule has 4 rings (SSSR count). The third-order valence-corrected chi connectivity index (χ3v) is 5.50. The highest BCUT2D eigenvalue weighted by Crippen LogP contribution is 2.37. The van der Waals surface area contributed by atoms with Gasteiger partial charge in [0, 0.05) is 37.1 Å². The first-order valence-corrected chi connectivity index (χ1v) is 9.40. The Morgan fingerprint density at radius 2 is 2.15 bits per heavy atom. The lowest BCUT2D eigenvalue weighted by Gasteiger charge is -2.32. The maximum atomic E-state index is 12.8. The molecule has 0 aromatic carbocycles. The van der Waals surface area contributed by atoms with Crippen LogP contribution in [0.15, 0.2) is 30.5 Å². The number of nitrogens with zero attached hydrogens (tertiary/aromatic N) is 3. The Hall–Kier alpha value is -2.50. The van der Waals surface area contributed by atoms with Crippen molar-refractivity contribution in [1.82, 2.24) is 20.2 Å². The van der Waals surface area contributed by atoms with Crippen LogP contribution in [0.5, 0.6) is 0 Å². The van der Waals surface area contributed by atoms with E-state index >= 15 is 0 Å². The topological polar surface area (TPSA) is 75.2 Å². The van der Waals surface area contributed by atoms with Crippen molar-refractivity contribution in [3.05, 3.63) is 36.2 Å². The average molecular weight is 352 g/mol. The van der Waals surface area contributed by atoms with Gasteiger partial charge in [-0.1, -0.05) is 6.92 Å². The van der Waals surface area contributed by atoms with Gasteiger partial charge in [0.15, 0.2) is 5.65 Å². The molecular formula is C20H24N4O2. The van der Waals surface area contributed by atoms with Gasteiger partial charge in [0.25, 0.3) is 5.91 Å². The summed E-state index contributed by atoms with van der Waals surface area (Å²) in [5, 5.41) is 3.99. The van der Waals surface area contributed by atoms with Crippen molar-refractivity contribution in [3.63, 3.8) is 0 Å². The minimum atomic E-state index is -0.0515. The van der Waals surface area contributed by atoms with Crippen LogP contribution < -0.4 is 5.32 Å². The molecular weight excluding hydrogens is 328 g/mol. The quantitative estimate of drug-likeness (QED) is 0.916. The molecule has 2 aromatic rings. The lowest BCUT2D eigenvalue weighted by atomic mass is 9.97. The summed E-state index contributed by atoms with van der Waals surface area (Å²) in [5.74, 6) is 1.15. The van der Waals surface area contributed by atoms with Gasteiger partial charge >= 0.3 is 0 Å². The monoisotopic (exact) mass is 352 g/mol. The molecule has 0 unspecified atom stereocenters. The molecule has 6 heteroatoms. The number of rotatable bonds is 4.